The first-order valence-electron chi connectivity index (χ1n) is 7.64. The monoisotopic (exact) mass is 282 g/mol. The van der Waals surface area contributed by atoms with Crippen molar-refractivity contribution in [1.82, 2.24) is 5.32 Å². The molecular weight excluding hydrogens is 260 g/mol. The number of fused-ring (bicyclic) bond motifs is 1. The third kappa shape index (κ3) is 3.56. The van der Waals surface area contributed by atoms with Crippen LogP contribution in [0.3, 0.4) is 0 Å². The Hall–Kier alpha value is -2.00. The van der Waals surface area contributed by atoms with E-state index < -0.39 is 0 Å². The fourth-order valence-corrected chi connectivity index (χ4v) is 2.93. The van der Waals surface area contributed by atoms with Crippen LogP contribution < -0.4 is 10.2 Å². The molecule has 3 nitrogen and oxygen atoms in total. The number of phenols is 1. The first-order chi connectivity index (χ1) is 10.3. The summed E-state index contributed by atoms with van der Waals surface area (Å²) in [7, 11) is 0. The lowest BCUT2D eigenvalue weighted by Crippen LogP contribution is -2.25. The van der Waals surface area contributed by atoms with Gasteiger partial charge in [0.05, 0.1) is 0 Å². The van der Waals surface area contributed by atoms with Gasteiger partial charge in [-0.3, -0.25) is 0 Å². The average molecular weight is 282 g/mol. The van der Waals surface area contributed by atoms with Crippen LogP contribution in [0, 0.1) is 0 Å². The molecule has 0 amide bonds. The third-order valence-corrected chi connectivity index (χ3v) is 4.00. The van der Waals surface area contributed by atoms with Crippen LogP contribution in [0.5, 0.6) is 5.75 Å². The lowest BCUT2D eigenvalue weighted by molar-refractivity contribution is 0.474. The second-order valence-corrected chi connectivity index (χ2v) is 5.57. The summed E-state index contributed by atoms with van der Waals surface area (Å²) in [4.78, 5) is 2.48. The summed E-state index contributed by atoms with van der Waals surface area (Å²) in [5.74, 6) is 0.336. The average Bonchev–Trinajstić information content (AvgIpc) is 2.90. The number of nitrogens with one attached hydrogen (secondary N) is 1. The molecule has 2 aromatic rings. The van der Waals surface area contributed by atoms with E-state index in [0.717, 1.165) is 38.2 Å². The lowest BCUT2D eigenvalue weighted by atomic mass is 10.2. The van der Waals surface area contributed by atoms with Gasteiger partial charge in [0.25, 0.3) is 0 Å². The lowest BCUT2D eigenvalue weighted by Gasteiger charge is -2.19. The fraction of sp³-hybridized carbons (Fsp3) is 0.333. The summed E-state index contributed by atoms with van der Waals surface area (Å²) in [5, 5.41) is 12.9. The molecule has 0 atom stereocenters. The second kappa shape index (κ2) is 6.64. The van der Waals surface area contributed by atoms with Gasteiger partial charge in [0, 0.05) is 25.3 Å². The van der Waals surface area contributed by atoms with Gasteiger partial charge in [-0.1, -0.05) is 30.3 Å². The van der Waals surface area contributed by atoms with Gasteiger partial charge in [-0.2, -0.15) is 0 Å². The smallest absolute Gasteiger partial charge is 0.115 e. The van der Waals surface area contributed by atoms with E-state index in [1.165, 1.54) is 17.7 Å². The van der Waals surface area contributed by atoms with Gasteiger partial charge in [0.2, 0.25) is 0 Å². The van der Waals surface area contributed by atoms with Crippen molar-refractivity contribution in [2.75, 3.05) is 24.5 Å². The maximum absolute atomic E-state index is 9.42. The number of nitrogens with zero attached hydrogens (tertiary/aromatic N) is 1. The molecule has 0 unspecified atom stereocenters. The summed E-state index contributed by atoms with van der Waals surface area (Å²) in [5.41, 5.74) is 4.01. The zero-order valence-corrected chi connectivity index (χ0v) is 12.3. The molecule has 0 aliphatic carbocycles. The normalized spacial score (nSPS) is 13.4. The molecule has 1 heterocycles. The molecule has 0 bridgehead atoms. The van der Waals surface area contributed by atoms with Crippen molar-refractivity contribution in [2.24, 2.45) is 0 Å². The number of aromatic hydroxyl groups is 1. The summed E-state index contributed by atoms with van der Waals surface area (Å²) in [6.45, 7) is 4.05. The summed E-state index contributed by atoms with van der Waals surface area (Å²) in [6, 6.07) is 16.1. The largest absolute Gasteiger partial charge is 0.508 e. The number of phenolic OH excluding ortho intramolecular Hbond substituents is 1. The molecule has 0 radical (unpaired) electrons. The Morgan fingerprint density at radius 2 is 2.00 bits per heavy atom. The highest BCUT2D eigenvalue weighted by atomic mass is 16.3. The quantitative estimate of drug-likeness (QED) is 0.800. The van der Waals surface area contributed by atoms with E-state index in [1.54, 1.807) is 6.07 Å². The molecule has 110 valence electrons. The van der Waals surface area contributed by atoms with Gasteiger partial charge in [0.15, 0.2) is 0 Å². The van der Waals surface area contributed by atoms with E-state index in [2.05, 4.69) is 34.5 Å². The van der Waals surface area contributed by atoms with Crippen LogP contribution in [0.2, 0.25) is 0 Å². The molecule has 0 fully saturated rings. The standard InChI is InChI=1S/C18H22N2O/c21-17-7-3-5-15(13-17)14-19-10-4-11-20-12-9-16-6-1-2-8-18(16)20/h1-3,5-8,13,19,21H,4,9-12,14H2. The Balaban J connectivity index is 1.40. The van der Waals surface area contributed by atoms with Gasteiger partial charge in [0.1, 0.15) is 5.75 Å². The first kappa shape index (κ1) is 14.0. The molecular formula is C18H22N2O. The number of hydrogen-bond donors (Lipinski definition) is 2. The van der Waals surface area contributed by atoms with Crippen LogP contribution >= 0.6 is 0 Å². The van der Waals surface area contributed by atoms with Crippen molar-refractivity contribution in [3.63, 3.8) is 0 Å². The van der Waals surface area contributed by atoms with Crippen molar-refractivity contribution in [3.05, 3.63) is 59.7 Å². The Morgan fingerprint density at radius 3 is 2.90 bits per heavy atom. The molecule has 1 aliphatic rings. The van der Waals surface area contributed by atoms with Crippen LogP contribution in [-0.2, 0) is 13.0 Å². The minimum absolute atomic E-state index is 0.336. The first-order valence-corrected chi connectivity index (χ1v) is 7.64. The molecule has 1 aliphatic heterocycles. The van der Waals surface area contributed by atoms with Crippen molar-refractivity contribution in [2.45, 2.75) is 19.4 Å². The van der Waals surface area contributed by atoms with Crippen LogP contribution in [0.25, 0.3) is 0 Å². The number of anilines is 1. The van der Waals surface area contributed by atoms with E-state index >= 15 is 0 Å². The molecule has 21 heavy (non-hydrogen) atoms. The molecule has 2 aromatic carbocycles. The van der Waals surface area contributed by atoms with E-state index in [0.29, 0.717) is 5.75 Å². The Kier molecular flexibility index (Phi) is 4.41. The highest BCUT2D eigenvalue weighted by Gasteiger charge is 2.16. The predicted molar refractivity (Wildman–Crippen MR) is 86.8 cm³/mol. The maximum atomic E-state index is 9.42. The number of benzene rings is 2. The van der Waals surface area contributed by atoms with Gasteiger partial charge in [-0.25, -0.2) is 0 Å². The van der Waals surface area contributed by atoms with Gasteiger partial charge in [-0.15, -0.1) is 0 Å². The Labute approximate surface area is 126 Å². The number of rotatable bonds is 6. The molecule has 2 N–H and O–H groups in total. The fourth-order valence-electron chi connectivity index (χ4n) is 2.93. The van der Waals surface area contributed by atoms with E-state index in [-0.39, 0.29) is 0 Å². The van der Waals surface area contributed by atoms with E-state index in [1.807, 2.05) is 18.2 Å². The Morgan fingerprint density at radius 1 is 1.10 bits per heavy atom. The van der Waals surface area contributed by atoms with Gasteiger partial charge < -0.3 is 15.3 Å². The van der Waals surface area contributed by atoms with Crippen LogP contribution in [-0.4, -0.2) is 24.7 Å². The minimum atomic E-state index is 0.336. The van der Waals surface area contributed by atoms with Crippen LogP contribution in [0.15, 0.2) is 48.5 Å². The maximum Gasteiger partial charge on any atom is 0.115 e. The van der Waals surface area contributed by atoms with E-state index in [9.17, 15) is 5.11 Å². The van der Waals surface area contributed by atoms with Crippen LogP contribution in [0.4, 0.5) is 5.69 Å². The third-order valence-electron chi connectivity index (χ3n) is 4.00. The SMILES string of the molecule is Oc1cccc(CNCCCN2CCc3ccccc32)c1. The van der Waals surface area contributed by atoms with E-state index in [4.69, 9.17) is 0 Å². The molecule has 0 saturated carbocycles. The summed E-state index contributed by atoms with van der Waals surface area (Å²) < 4.78 is 0. The van der Waals surface area contributed by atoms with Crippen molar-refractivity contribution in [3.8, 4) is 5.75 Å². The zero-order chi connectivity index (χ0) is 14.5. The summed E-state index contributed by atoms with van der Waals surface area (Å²) >= 11 is 0. The minimum Gasteiger partial charge on any atom is -0.508 e. The zero-order valence-electron chi connectivity index (χ0n) is 12.3. The topological polar surface area (TPSA) is 35.5 Å². The van der Waals surface area contributed by atoms with Crippen molar-refractivity contribution in [1.29, 1.82) is 0 Å². The Bertz CT molecular complexity index is 597. The van der Waals surface area contributed by atoms with Gasteiger partial charge in [-0.05, 0) is 48.7 Å². The second-order valence-electron chi connectivity index (χ2n) is 5.57. The van der Waals surface area contributed by atoms with Crippen molar-refractivity contribution >= 4 is 5.69 Å². The molecule has 0 saturated heterocycles. The van der Waals surface area contributed by atoms with Crippen molar-refractivity contribution < 1.29 is 5.11 Å². The predicted octanol–water partition coefficient (Wildman–Crippen LogP) is 2.93. The molecule has 0 spiro atoms. The summed E-state index contributed by atoms with van der Waals surface area (Å²) in [6.07, 6.45) is 2.31. The van der Waals surface area contributed by atoms with Gasteiger partial charge >= 0.3 is 0 Å². The van der Waals surface area contributed by atoms with Crippen LogP contribution in [0.1, 0.15) is 17.5 Å². The highest BCUT2D eigenvalue weighted by molar-refractivity contribution is 5.57. The molecule has 0 aromatic heterocycles. The molecule has 3 rings (SSSR count). The number of hydrogen-bond acceptors (Lipinski definition) is 3. The highest BCUT2D eigenvalue weighted by Crippen LogP contribution is 2.27. The molecule has 3 heteroatoms. The number of para-hydroxylation sites is 1.